The van der Waals surface area contributed by atoms with Crippen LogP contribution in [0.5, 0.6) is 5.75 Å². The van der Waals surface area contributed by atoms with Gasteiger partial charge in [-0.1, -0.05) is 128 Å². The number of hydrogen-bond donors (Lipinski definition) is 2. The maximum Gasteiger partial charge on any atom is 0.261 e. The second-order valence-corrected chi connectivity index (χ2v) is 12.7. The molecule has 0 radical (unpaired) electrons. The van der Waals surface area contributed by atoms with Crippen LogP contribution >= 0.6 is 0 Å². The van der Waals surface area contributed by atoms with E-state index >= 15 is 0 Å². The second-order valence-electron chi connectivity index (χ2n) is 12.7. The zero-order valence-electron chi connectivity index (χ0n) is 27.9. The lowest BCUT2D eigenvalue weighted by Gasteiger charge is -2.20. The number of fused-ring (bicyclic) bond motifs is 1. The Hall–Kier alpha value is -2.83. The maximum absolute atomic E-state index is 13.3. The Balaban J connectivity index is 1.33. The number of unbranched alkanes of at least 4 members (excludes halogenated alkanes) is 15. The third-order valence-electron chi connectivity index (χ3n) is 8.73. The Labute approximate surface area is 261 Å². The van der Waals surface area contributed by atoms with Crippen molar-refractivity contribution in [2.75, 3.05) is 6.54 Å². The topological polar surface area (TPSA) is 84.3 Å². The molecule has 2 heterocycles. The predicted octanol–water partition coefficient (Wildman–Crippen LogP) is 9.30. The Bertz CT molecular complexity index is 1180. The van der Waals surface area contributed by atoms with Gasteiger partial charge in [-0.2, -0.15) is 4.63 Å². The molecule has 0 saturated heterocycles. The van der Waals surface area contributed by atoms with Crippen molar-refractivity contribution in [3.63, 3.8) is 0 Å². The number of amides is 1. The number of ether oxygens (including phenoxy) is 1. The largest absolute Gasteiger partial charge is 0.481 e. The van der Waals surface area contributed by atoms with Crippen LogP contribution in [0.1, 0.15) is 152 Å². The van der Waals surface area contributed by atoms with E-state index in [2.05, 4.69) is 29.4 Å². The van der Waals surface area contributed by atoms with Crippen LogP contribution in [0.25, 0.3) is 5.65 Å². The molecule has 1 aromatic carbocycles. The van der Waals surface area contributed by atoms with Gasteiger partial charge in [0, 0.05) is 23.7 Å². The van der Waals surface area contributed by atoms with E-state index in [4.69, 9.17) is 9.72 Å². The fourth-order valence-electron chi connectivity index (χ4n) is 5.63. The summed E-state index contributed by atoms with van der Waals surface area (Å²) in [4.78, 5) is 18.0. The molecule has 7 heteroatoms. The van der Waals surface area contributed by atoms with Crippen molar-refractivity contribution in [2.45, 2.75) is 156 Å². The average Bonchev–Trinajstić information content (AvgIpc) is 3.53. The molecule has 2 atom stereocenters. The quantitative estimate of drug-likeness (QED) is 0.107. The number of aromatic amines is 1. The molecule has 0 aliphatic carbocycles. The minimum absolute atomic E-state index is 0.00692. The highest BCUT2D eigenvalue weighted by molar-refractivity contribution is 5.81. The summed E-state index contributed by atoms with van der Waals surface area (Å²) in [5.41, 5.74) is 4.18. The van der Waals surface area contributed by atoms with Crippen LogP contribution in [0, 0.1) is 20.8 Å². The lowest BCUT2D eigenvalue weighted by atomic mass is 10.0. The van der Waals surface area contributed by atoms with Crippen molar-refractivity contribution in [3.8, 4) is 5.75 Å². The number of H-pyrrole nitrogens is 1. The first-order valence-corrected chi connectivity index (χ1v) is 17.3. The molecule has 2 N–H and O–H groups in total. The zero-order chi connectivity index (χ0) is 30.9. The molecule has 0 bridgehead atoms. The second kappa shape index (κ2) is 19.4. The summed E-state index contributed by atoms with van der Waals surface area (Å²) in [7, 11) is 0. The van der Waals surface area contributed by atoms with E-state index in [1.54, 1.807) is 4.63 Å². The molecule has 0 saturated carbocycles. The molecule has 7 nitrogen and oxygen atoms in total. The van der Waals surface area contributed by atoms with E-state index < -0.39 is 6.10 Å². The van der Waals surface area contributed by atoms with Gasteiger partial charge in [0.05, 0.1) is 0 Å². The van der Waals surface area contributed by atoms with Gasteiger partial charge < -0.3 is 10.1 Å². The SMILES string of the molecule is CCCCCCCCCCCCCCCCCCC(Oc1ccc(C)cc1)C(=O)NCC(C)c1nc2c(C)c(C)[nH]n2n1. The summed E-state index contributed by atoms with van der Waals surface area (Å²) in [5.74, 6) is 1.40. The minimum Gasteiger partial charge on any atom is -0.481 e. The number of hydrogen-bond acceptors (Lipinski definition) is 4. The van der Waals surface area contributed by atoms with Crippen LogP contribution in [-0.2, 0) is 4.79 Å². The monoisotopic (exact) mass is 593 g/mol. The minimum atomic E-state index is -0.504. The fraction of sp³-hybridized carbons (Fsp3) is 0.694. The number of rotatable bonds is 23. The lowest BCUT2D eigenvalue weighted by molar-refractivity contribution is -0.128. The molecule has 0 aliphatic rings. The Morgan fingerprint density at radius 2 is 1.37 bits per heavy atom. The van der Waals surface area contributed by atoms with Gasteiger partial charge in [0.2, 0.25) is 0 Å². The molecule has 240 valence electrons. The third-order valence-corrected chi connectivity index (χ3v) is 8.73. The van der Waals surface area contributed by atoms with Gasteiger partial charge >= 0.3 is 0 Å². The molecule has 0 aliphatic heterocycles. The average molecular weight is 594 g/mol. The highest BCUT2D eigenvalue weighted by Crippen LogP contribution is 2.20. The van der Waals surface area contributed by atoms with Crippen LogP contribution in [0.3, 0.4) is 0 Å². The van der Waals surface area contributed by atoms with Crippen molar-refractivity contribution < 1.29 is 9.53 Å². The van der Waals surface area contributed by atoms with Gasteiger partial charge in [0.15, 0.2) is 17.6 Å². The number of carbonyl (C=O) groups excluding carboxylic acids is 1. The van der Waals surface area contributed by atoms with Gasteiger partial charge in [-0.25, -0.2) is 4.98 Å². The summed E-state index contributed by atoms with van der Waals surface area (Å²) in [6.07, 6.45) is 21.6. The molecule has 1 amide bonds. The number of aryl methyl sites for hydroxylation is 3. The van der Waals surface area contributed by atoms with E-state index in [9.17, 15) is 4.79 Å². The summed E-state index contributed by atoms with van der Waals surface area (Å²) in [6, 6.07) is 7.95. The first-order chi connectivity index (χ1) is 20.9. The van der Waals surface area contributed by atoms with Gasteiger partial charge in [-0.3, -0.25) is 9.89 Å². The normalized spacial score (nSPS) is 13.0. The van der Waals surface area contributed by atoms with Crippen molar-refractivity contribution in [1.82, 2.24) is 25.1 Å². The van der Waals surface area contributed by atoms with Gasteiger partial charge in [0.1, 0.15) is 5.75 Å². The molecule has 0 spiro atoms. The number of nitrogens with zero attached hydrogens (tertiary/aromatic N) is 3. The first kappa shape index (κ1) is 34.7. The predicted molar refractivity (Wildman–Crippen MR) is 178 cm³/mol. The van der Waals surface area contributed by atoms with E-state index in [1.165, 1.54) is 95.5 Å². The third kappa shape index (κ3) is 12.4. The summed E-state index contributed by atoms with van der Waals surface area (Å²) in [5, 5.41) is 10.9. The molecule has 0 fully saturated rings. The van der Waals surface area contributed by atoms with Gasteiger partial charge in [-0.15, -0.1) is 5.10 Å². The van der Waals surface area contributed by atoms with Gasteiger partial charge in [0.25, 0.3) is 5.91 Å². The van der Waals surface area contributed by atoms with E-state index in [-0.39, 0.29) is 11.8 Å². The van der Waals surface area contributed by atoms with Crippen LogP contribution < -0.4 is 10.1 Å². The van der Waals surface area contributed by atoms with Crippen LogP contribution in [0.15, 0.2) is 24.3 Å². The van der Waals surface area contributed by atoms with E-state index in [0.29, 0.717) is 6.54 Å². The van der Waals surface area contributed by atoms with E-state index in [0.717, 1.165) is 47.7 Å². The number of nitrogens with one attached hydrogen (secondary N) is 2. The Morgan fingerprint density at radius 3 is 1.91 bits per heavy atom. The standard InChI is InChI=1S/C36H59N5O2/c1-6-7-8-9-10-11-12-13-14-15-16-17-18-19-20-21-22-33(43-32-25-23-28(2)24-26-32)36(42)37-27-29(3)34-38-35-30(4)31(5)39-41(35)40-34/h23-26,29,33,39H,6-22,27H2,1-5H3,(H,37,42). The fourth-order valence-corrected chi connectivity index (χ4v) is 5.63. The number of benzene rings is 1. The highest BCUT2D eigenvalue weighted by atomic mass is 16.5. The van der Waals surface area contributed by atoms with Crippen molar-refractivity contribution in [1.29, 1.82) is 0 Å². The number of carbonyl (C=O) groups is 1. The van der Waals surface area contributed by atoms with Crippen molar-refractivity contribution in [2.24, 2.45) is 0 Å². The van der Waals surface area contributed by atoms with Crippen molar-refractivity contribution in [3.05, 3.63) is 46.9 Å². The molecule has 3 rings (SSSR count). The van der Waals surface area contributed by atoms with Crippen LogP contribution in [-0.4, -0.2) is 38.4 Å². The molecule has 2 aromatic heterocycles. The zero-order valence-corrected chi connectivity index (χ0v) is 27.9. The van der Waals surface area contributed by atoms with Crippen LogP contribution in [0.4, 0.5) is 0 Å². The molecule has 43 heavy (non-hydrogen) atoms. The summed E-state index contributed by atoms with van der Waals surface area (Å²) < 4.78 is 7.93. The highest BCUT2D eigenvalue weighted by Gasteiger charge is 2.22. The molecular formula is C36H59N5O2. The van der Waals surface area contributed by atoms with Crippen molar-refractivity contribution >= 4 is 11.6 Å². The number of aromatic nitrogens is 4. The smallest absolute Gasteiger partial charge is 0.261 e. The first-order valence-electron chi connectivity index (χ1n) is 17.3. The van der Waals surface area contributed by atoms with Gasteiger partial charge in [-0.05, 0) is 45.7 Å². The van der Waals surface area contributed by atoms with Crippen LogP contribution in [0.2, 0.25) is 0 Å². The summed E-state index contributed by atoms with van der Waals surface area (Å²) >= 11 is 0. The molecule has 3 aromatic rings. The Morgan fingerprint density at radius 1 is 0.837 bits per heavy atom. The molecular weight excluding hydrogens is 534 g/mol. The lowest BCUT2D eigenvalue weighted by Crippen LogP contribution is -2.40. The Kier molecular flexibility index (Phi) is 15.7. The maximum atomic E-state index is 13.3. The summed E-state index contributed by atoms with van der Waals surface area (Å²) in [6.45, 7) is 10.9. The van der Waals surface area contributed by atoms with E-state index in [1.807, 2.05) is 45.0 Å². The molecule has 2 unspecified atom stereocenters.